The Labute approximate surface area is 99.2 Å². The second kappa shape index (κ2) is 6.24. The highest BCUT2D eigenvalue weighted by Crippen LogP contribution is 2.29. The monoisotopic (exact) mass is 226 g/mol. The lowest BCUT2D eigenvalue weighted by atomic mass is 9.99. The summed E-state index contributed by atoms with van der Waals surface area (Å²) >= 11 is 0. The Morgan fingerprint density at radius 1 is 1.50 bits per heavy atom. The Morgan fingerprint density at radius 2 is 2.19 bits per heavy atom. The molecule has 1 aliphatic carbocycles. The highest BCUT2D eigenvalue weighted by Gasteiger charge is 2.24. The van der Waals surface area contributed by atoms with Crippen molar-refractivity contribution in [3.8, 4) is 0 Å². The van der Waals surface area contributed by atoms with Crippen molar-refractivity contribution in [2.45, 2.75) is 52.5 Å². The molecule has 0 aromatic rings. The third-order valence-electron chi connectivity index (χ3n) is 3.93. The van der Waals surface area contributed by atoms with Gasteiger partial charge in [-0.25, -0.2) is 0 Å². The van der Waals surface area contributed by atoms with Crippen LogP contribution in [0.5, 0.6) is 0 Å². The topological polar surface area (TPSA) is 55.1 Å². The lowest BCUT2D eigenvalue weighted by Gasteiger charge is -2.19. The number of hydrogen-bond donors (Lipinski definition) is 2. The Morgan fingerprint density at radius 3 is 2.69 bits per heavy atom. The Kier molecular flexibility index (Phi) is 5.26. The van der Waals surface area contributed by atoms with Gasteiger partial charge in [0.15, 0.2) is 0 Å². The van der Waals surface area contributed by atoms with Gasteiger partial charge in [-0.1, -0.05) is 33.6 Å². The SMILES string of the molecule is CCC(C)C(N)C(=O)NCC1CCC(C)C1. The van der Waals surface area contributed by atoms with Crippen LogP contribution >= 0.6 is 0 Å². The average Bonchev–Trinajstić information content (AvgIpc) is 2.69. The van der Waals surface area contributed by atoms with Gasteiger partial charge in [-0.3, -0.25) is 4.79 Å². The molecule has 0 heterocycles. The van der Waals surface area contributed by atoms with Crippen molar-refractivity contribution < 1.29 is 4.79 Å². The molecule has 0 aromatic heterocycles. The summed E-state index contributed by atoms with van der Waals surface area (Å²) in [4.78, 5) is 11.7. The van der Waals surface area contributed by atoms with Gasteiger partial charge in [0.05, 0.1) is 6.04 Å². The summed E-state index contributed by atoms with van der Waals surface area (Å²) in [5.74, 6) is 1.78. The first-order valence-electron chi connectivity index (χ1n) is 6.57. The zero-order valence-corrected chi connectivity index (χ0v) is 10.8. The molecule has 3 N–H and O–H groups in total. The second-order valence-corrected chi connectivity index (χ2v) is 5.44. The highest BCUT2D eigenvalue weighted by molar-refractivity contribution is 5.81. The number of rotatable bonds is 5. The number of carbonyl (C=O) groups excluding carboxylic acids is 1. The molecule has 1 rings (SSSR count). The van der Waals surface area contributed by atoms with Crippen LogP contribution in [0.1, 0.15) is 46.5 Å². The smallest absolute Gasteiger partial charge is 0.237 e. The normalized spacial score (nSPS) is 28.8. The molecule has 0 radical (unpaired) electrons. The van der Waals surface area contributed by atoms with E-state index in [1.54, 1.807) is 0 Å². The predicted molar refractivity (Wildman–Crippen MR) is 66.9 cm³/mol. The molecular formula is C13H26N2O. The molecule has 0 saturated heterocycles. The van der Waals surface area contributed by atoms with E-state index in [4.69, 9.17) is 5.73 Å². The zero-order chi connectivity index (χ0) is 12.1. The fraction of sp³-hybridized carbons (Fsp3) is 0.923. The van der Waals surface area contributed by atoms with Crippen LogP contribution in [0.2, 0.25) is 0 Å². The second-order valence-electron chi connectivity index (χ2n) is 5.44. The number of nitrogens with one attached hydrogen (secondary N) is 1. The number of hydrogen-bond acceptors (Lipinski definition) is 2. The molecule has 1 fully saturated rings. The van der Waals surface area contributed by atoms with E-state index < -0.39 is 0 Å². The van der Waals surface area contributed by atoms with Crippen LogP contribution in [0.15, 0.2) is 0 Å². The van der Waals surface area contributed by atoms with Crippen molar-refractivity contribution in [1.82, 2.24) is 5.32 Å². The largest absolute Gasteiger partial charge is 0.354 e. The molecule has 4 atom stereocenters. The van der Waals surface area contributed by atoms with E-state index >= 15 is 0 Å². The Hall–Kier alpha value is -0.570. The fourth-order valence-corrected chi connectivity index (χ4v) is 2.39. The van der Waals surface area contributed by atoms with E-state index in [9.17, 15) is 4.79 Å². The molecule has 1 aliphatic rings. The van der Waals surface area contributed by atoms with Crippen LogP contribution in [0, 0.1) is 17.8 Å². The molecule has 1 saturated carbocycles. The van der Waals surface area contributed by atoms with Gasteiger partial charge in [0.2, 0.25) is 5.91 Å². The van der Waals surface area contributed by atoms with E-state index in [2.05, 4.69) is 19.2 Å². The summed E-state index contributed by atoms with van der Waals surface area (Å²) in [5, 5.41) is 3.00. The maximum Gasteiger partial charge on any atom is 0.237 e. The zero-order valence-electron chi connectivity index (χ0n) is 10.8. The minimum Gasteiger partial charge on any atom is -0.354 e. The molecule has 16 heavy (non-hydrogen) atoms. The lowest BCUT2D eigenvalue weighted by molar-refractivity contribution is -0.123. The van der Waals surface area contributed by atoms with Gasteiger partial charge >= 0.3 is 0 Å². The molecule has 0 spiro atoms. The van der Waals surface area contributed by atoms with Crippen LogP contribution in [-0.4, -0.2) is 18.5 Å². The summed E-state index contributed by atoms with van der Waals surface area (Å²) in [6, 6.07) is -0.344. The summed E-state index contributed by atoms with van der Waals surface area (Å²) in [7, 11) is 0. The van der Waals surface area contributed by atoms with E-state index in [0.717, 1.165) is 18.9 Å². The van der Waals surface area contributed by atoms with Crippen molar-refractivity contribution in [2.75, 3.05) is 6.54 Å². The van der Waals surface area contributed by atoms with Crippen molar-refractivity contribution in [3.05, 3.63) is 0 Å². The van der Waals surface area contributed by atoms with Crippen molar-refractivity contribution in [3.63, 3.8) is 0 Å². The maximum absolute atomic E-state index is 11.7. The van der Waals surface area contributed by atoms with Crippen LogP contribution in [-0.2, 0) is 4.79 Å². The Bertz CT molecular complexity index is 230. The molecule has 94 valence electrons. The maximum atomic E-state index is 11.7. The van der Waals surface area contributed by atoms with E-state index in [1.807, 2.05) is 6.92 Å². The first-order chi connectivity index (χ1) is 7.54. The number of nitrogens with two attached hydrogens (primary N) is 1. The number of carbonyl (C=O) groups is 1. The molecule has 1 amide bonds. The molecule has 0 aliphatic heterocycles. The van der Waals surface area contributed by atoms with Gasteiger partial charge in [-0.2, -0.15) is 0 Å². The van der Waals surface area contributed by atoms with Crippen molar-refractivity contribution >= 4 is 5.91 Å². The number of amides is 1. The molecule has 3 nitrogen and oxygen atoms in total. The summed E-state index contributed by atoms with van der Waals surface area (Å²) in [6.45, 7) is 7.19. The van der Waals surface area contributed by atoms with Gasteiger partial charge in [-0.15, -0.1) is 0 Å². The third-order valence-corrected chi connectivity index (χ3v) is 3.93. The minimum absolute atomic E-state index is 0.0221. The van der Waals surface area contributed by atoms with Gasteiger partial charge in [0.1, 0.15) is 0 Å². The minimum atomic E-state index is -0.344. The average molecular weight is 226 g/mol. The van der Waals surface area contributed by atoms with Gasteiger partial charge in [-0.05, 0) is 30.6 Å². The fourth-order valence-electron chi connectivity index (χ4n) is 2.39. The van der Waals surface area contributed by atoms with Gasteiger partial charge in [0, 0.05) is 6.54 Å². The van der Waals surface area contributed by atoms with Crippen molar-refractivity contribution in [2.24, 2.45) is 23.5 Å². The Balaban J connectivity index is 2.24. The standard InChI is InChI=1S/C13H26N2O/c1-4-10(3)12(14)13(16)15-8-11-6-5-9(2)7-11/h9-12H,4-8,14H2,1-3H3,(H,15,16). The van der Waals surface area contributed by atoms with Crippen molar-refractivity contribution in [1.29, 1.82) is 0 Å². The molecule has 4 unspecified atom stereocenters. The first kappa shape index (κ1) is 13.5. The van der Waals surface area contributed by atoms with E-state index in [1.165, 1.54) is 19.3 Å². The summed E-state index contributed by atoms with van der Waals surface area (Å²) in [6.07, 6.45) is 4.76. The van der Waals surface area contributed by atoms with E-state index in [-0.39, 0.29) is 17.9 Å². The third kappa shape index (κ3) is 3.78. The van der Waals surface area contributed by atoms with Gasteiger partial charge < -0.3 is 11.1 Å². The first-order valence-corrected chi connectivity index (χ1v) is 6.57. The quantitative estimate of drug-likeness (QED) is 0.752. The van der Waals surface area contributed by atoms with Gasteiger partial charge in [0.25, 0.3) is 0 Å². The van der Waals surface area contributed by atoms with E-state index in [0.29, 0.717) is 5.92 Å². The molecule has 0 aromatic carbocycles. The highest BCUT2D eigenvalue weighted by atomic mass is 16.2. The van der Waals surface area contributed by atoms with Crippen LogP contribution in [0.25, 0.3) is 0 Å². The lowest BCUT2D eigenvalue weighted by Crippen LogP contribution is -2.45. The van der Waals surface area contributed by atoms with Crippen LogP contribution in [0.4, 0.5) is 0 Å². The van der Waals surface area contributed by atoms with Crippen LogP contribution in [0.3, 0.4) is 0 Å². The molecule has 3 heteroatoms. The summed E-state index contributed by atoms with van der Waals surface area (Å²) in [5.41, 5.74) is 5.87. The predicted octanol–water partition coefficient (Wildman–Crippen LogP) is 1.91. The van der Waals surface area contributed by atoms with Crippen LogP contribution < -0.4 is 11.1 Å². The molecule has 0 bridgehead atoms. The summed E-state index contributed by atoms with van der Waals surface area (Å²) < 4.78 is 0. The molecular weight excluding hydrogens is 200 g/mol.